The van der Waals surface area contributed by atoms with E-state index in [2.05, 4.69) is 20.7 Å². The predicted octanol–water partition coefficient (Wildman–Crippen LogP) is 4.31. The Morgan fingerprint density at radius 3 is 2.14 bits per heavy atom. The molecular weight excluding hydrogens is 462 g/mol. The van der Waals surface area contributed by atoms with Crippen molar-refractivity contribution in [3.8, 4) is 11.1 Å². The maximum absolute atomic E-state index is 12.8. The van der Waals surface area contributed by atoms with Gasteiger partial charge in [-0.2, -0.15) is 0 Å². The zero-order valence-corrected chi connectivity index (χ0v) is 17.1. The van der Waals surface area contributed by atoms with Crippen LogP contribution in [0.5, 0.6) is 0 Å². The van der Waals surface area contributed by atoms with E-state index in [1.54, 1.807) is 18.2 Å². The maximum atomic E-state index is 12.8. The molecule has 3 aromatic rings. The minimum atomic E-state index is -4.25. The molecular formula is C20H14BrNO6S. The number of nitrogens with one attached hydrogen (secondary N) is 1. The lowest BCUT2D eigenvalue weighted by atomic mass is 10.0. The van der Waals surface area contributed by atoms with Gasteiger partial charge in [0.2, 0.25) is 0 Å². The second kappa shape index (κ2) is 8.06. The van der Waals surface area contributed by atoms with Gasteiger partial charge >= 0.3 is 11.9 Å². The Morgan fingerprint density at radius 2 is 1.52 bits per heavy atom. The summed E-state index contributed by atoms with van der Waals surface area (Å²) in [5, 5.41) is 18.6. The number of halogens is 1. The van der Waals surface area contributed by atoms with Crippen molar-refractivity contribution in [2.75, 3.05) is 4.72 Å². The Morgan fingerprint density at radius 1 is 0.828 bits per heavy atom. The summed E-state index contributed by atoms with van der Waals surface area (Å²) in [7, 11) is -4.25. The average molecular weight is 476 g/mol. The van der Waals surface area contributed by atoms with Crippen molar-refractivity contribution in [2.45, 2.75) is 4.90 Å². The minimum absolute atomic E-state index is 0.129. The van der Waals surface area contributed by atoms with E-state index in [0.717, 1.165) is 11.6 Å². The van der Waals surface area contributed by atoms with Crippen molar-refractivity contribution in [3.63, 3.8) is 0 Å². The maximum Gasteiger partial charge on any atom is 0.337 e. The Bertz CT molecular complexity index is 1210. The molecule has 0 aliphatic heterocycles. The van der Waals surface area contributed by atoms with Crippen molar-refractivity contribution in [2.24, 2.45) is 0 Å². The lowest BCUT2D eigenvalue weighted by Crippen LogP contribution is -2.16. The molecule has 0 amide bonds. The molecule has 148 valence electrons. The number of aromatic carboxylic acids is 2. The fourth-order valence-corrected chi connectivity index (χ4v) is 4.46. The van der Waals surface area contributed by atoms with Crippen LogP contribution in [0.3, 0.4) is 0 Å². The predicted molar refractivity (Wildman–Crippen MR) is 111 cm³/mol. The summed E-state index contributed by atoms with van der Waals surface area (Å²) in [6.45, 7) is 0. The summed E-state index contributed by atoms with van der Waals surface area (Å²) in [5.41, 5.74) is 0.808. The standard InChI is InChI=1S/C20H14BrNO6S/c21-15-8-14(19(23)24)9-16(11-15)29(27,28)22-18-10-13(6-7-17(18)20(25)26)12-4-2-1-3-5-12/h1-11,22H,(H,23,24)(H,25,26). The van der Waals surface area contributed by atoms with Gasteiger partial charge in [0.15, 0.2) is 0 Å². The first-order valence-corrected chi connectivity index (χ1v) is 10.4. The van der Waals surface area contributed by atoms with Crippen molar-refractivity contribution in [1.82, 2.24) is 0 Å². The fraction of sp³-hybridized carbons (Fsp3) is 0. The molecule has 3 N–H and O–H groups in total. The van der Waals surface area contributed by atoms with Gasteiger partial charge in [-0.15, -0.1) is 0 Å². The molecule has 7 nitrogen and oxygen atoms in total. The van der Waals surface area contributed by atoms with Crippen molar-refractivity contribution in [3.05, 3.63) is 82.3 Å². The molecule has 3 aromatic carbocycles. The third-order valence-corrected chi connectivity index (χ3v) is 5.83. The molecule has 0 spiro atoms. The lowest BCUT2D eigenvalue weighted by Gasteiger charge is -2.13. The number of carbonyl (C=O) groups is 2. The molecule has 0 heterocycles. The number of sulfonamides is 1. The van der Waals surface area contributed by atoms with Crippen LogP contribution in [0, 0.1) is 0 Å². The summed E-state index contributed by atoms with van der Waals surface area (Å²) < 4.78 is 28.2. The highest BCUT2D eigenvalue weighted by Gasteiger charge is 2.21. The highest BCUT2D eigenvalue weighted by Crippen LogP contribution is 2.28. The lowest BCUT2D eigenvalue weighted by molar-refractivity contribution is 0.0686. The van der Waals surface area contributed by atoms with Gasteiger partial charge in [-0.25, -0.2) is 18.0 Å². The fourth-order valence-electron chi connectivity index (χ4n) is 2.67. The van der Waals surface area contributed by atoms with Gasteiger partial charge < -0.3 is 10.2 Å². The van der Waals surface area contributed by atoms with Gasteiger partial charge in [-0.1, -0.05) is 52.3 Å². The number of hydrogen-bond acceptors (Lipinski definition) is 4. The minimum Gasteiger partial charge on any atom is -0.478 e. The average Bonchev–Trinajstić information content (AvgIpc) is 2.67. The monoisotopic (exact) mass is 475 g/mol. The molecule has 9 heteroatoms. The van der Waals surface area contributed by atoms with Gasteiger partial charge in [-0.3, -0.25) is 4.72 Å². The molecule has 0 saturated heterocycles. The summed E-state index contributed by atoms with van der Waals surface area (Å²) in [6, 6.07) is 16.9. The molecule has 0 atom stereocenters. The number of carboxylic acid groups (broad SMARTS) is 2. The first-order valence-electron chi connectivity index (χ1n) is 8.17. The quantitative estimate of drug-likeness (QED) is 0.488. The number of hydrogen-bond donors (Lipinski definition) is 3. The van der Waals surface area contributed by atoms with Crippen LogP contribution in [0.15, 0.2) is 76.1 Å². The van der Waals surface area contributed by atoms with E-state index >= 15 is 0 Å². The van der Waals surface area contributed by atoms with Crippen LogP contribution < -0.4 is 4.72 Å². The third-order valence-electron chi connectivity index (χ3n) is 4.03. The molecule has 0 radical (unpaired) electrons. The highest BCUT2D eigenvalue weighted by atomic mass is 79.9. The van der Waals surface area contributed by atoms with Crippen LogP contribution in [0.2, 0.25) is 0 Å². The molecule has 0 fully saturated rings. The van der Waals surface area contributed by atoms with E-state index in [4.69, 9.17) is 5.11 Å². The molecule has 0 unspecified atom stereocenters. The topological polar surface area (TPSA) is 121 Å². The Labute approximate surface area is 174 Å². The van der Waals surface area contributed by atoms with Gasteiger partial charge in [0.1, 0.15) is 0 Å². The van der Waals surface area contributed by atoms with Gasteiger partial charge in [0.05, 0.1) is 21.7 Å². The van der Waals surface area contributed by atoms with Crippen LogP contribution in [0.25, 0.3) is 11.1 Å². The van der Waals surface area contributed by atoms with E-state index in [9.17, 15) is 23.1 Å². The summed E-state index contributed by atoms with van der Waals surface area (Å²) in [4.78, 5) is 22.5. The normalized spacial score (nSPS) is 11.1. The van der Waals surface area contributed by atoms with E-state index in [1.165, 1.54) is 24.3 Å². The van der Waals surface area contributed by atoms with Crippen molar-refractivity contribution >= 4 is 43.6 Å². The van der Waals surface area contributed by atoms with Crippen molar-refractivity contribution in [1.29, 1.82) is 0 Å². The van der Waals surface area contributed by atoms with Crippen LogP contribution >= 0.6 is 15.9 Å². The highest BCUT2D eigenvalue weighted by molar-refractivity contribution is 9.10. The second-order valence-corrected chi connectivity index (χ2v) is 8.62. The van der Waals surface area contributed by atoms with E-state index < -0.39 is 22.0 Å². The zero-order valence-electron chi connectivity index (χ0n) is 14.7. The molecule has 0 bridgehead atoms. The zero-order chi connectivity index (χ0) is 21.2. The molecule has 0 aliphatic carbocycles. The van der Waals surface area contributed by atoms with Crippen LogP contribution in [-0.2, 0) is 10.0 Å². The van der Waals surface area contributed by atoms with Crippen LogP contribution in [0.1, 0.15) is 20.7 Å². The summed E-state index contributed by atoms with van der Waals surface area (Å²) in [5.74, 6) is -2.59. The molecule has 0 aliphatic rings. The first-order chi connectivity index (χ1) is 13.7. The molecule has 29 heavy (non-hydrogen) atoms. The smallest absolute Gasteiger partial charge is 0.337 e. The van der Waals surface area contributed by atoms with E-state index in [-0.39, 0.29) is 26.2 Å². The molecule has 0 aromatic heterocycles. The molecule has 3 rings (SSSR count). The van der Waals surface area contributed by atoms with Gasteiger partial charge in [-0.05, 0) is 41.5 Å². The largest absolute Gasteiger partial charge is 0.478 e. The number of rotatable bonds is 6. The van der Waals surface area contributed by atoms with Gasteiger partial charge in [0, 0.05) is 4.47 Å². The molecule has 0 saturated carbocycles. The summed E-state index contributed by atoms with van der Waals surface area (Å²) >= 11 is 3.09. The Hall–Kier alpha value is -3.17. The van der Waals surface area contributed by atoms with E-state index in [0.29, 0.717) is 5.56 Å². The third kappa shape index (κ3) is 4.64. The first kappa shape index (κ1) is 20.6. The van der Waals surface area contributed by atoms with E-state index in [1.807, 2.05) is 18.2 Å². The second-order valence-electron chi connectivity index (χ2n) is 6.02. The SMILES string of the molecule is O=C(O)c1cc(Br)cc(S(=O)(=O)Nc2cc(-c3ccccc3)ccc2C(=O)O)c1. The van der Waals surface area contributed by atoms with Crippen molar-refractivity contribution < 1.29 is 28.2 Å². The number of anilines is 1. The van der Waals surface area contributed by atoms with Crippen LogP contribution in [-0.4, -0.2) is 30.6 Å². The Balaban J connectivity index is 2.08. The number of carboxylic acids is 2. The van der Waals surface area contributed by atoms with Crippen LogP contribution in [0.4, 0.5) is 5.69 Å². The Kier molecular flexibility index (Phi) is 5.71. The summed E-state index contributed by atoms with van der Waals surface area (Å²) in [6.07, 6.45) is 0. The number of benzene rings is 3. The van der Waals surface area contributed by atoms with Gasteiger partial charge in [0.25, 0.3) is 10.0 Å².